The molecule has 0 aliphatic carbocycles. The van der Waals surface area contributed by atoms with Gasteiger partial charge in [0.05, 0.1) is 34.9 Å². The number of nitrogens with one attached hydrogen (secondary N) is 1. The first-order valence-corrected chi connectivity index (χ1v) is 17.5. The van der Waals surface area contributed by atoms with E-state index in [2.05, 4.69) is 10.1 Å². The second-order valence-electron chi connectivity index (χ2n) is 14.1. The highest BCUT2D eigenvalue weighted by Crippen LogP contribution is 2.52. The first-order chi connectivity index (χ1) is 23.9. The number of alkyl halides is 6. The quantitative estimate of drug-likeness (QED) is 0.161. The predicted molar refractivity (Wildman–Crippen MR) is 177 cm³/mol. The highest BCUT2D eigenvalue weighted by Gasteiger charge is 2.57. The average molecular weight is 770 g/mol. The summed E-state index contributed by atoms with van der Waals surface area (Å²) in [6.07, 6.45) is -12.0. The Morgan fingerprint density at radius 1 is 1.02 bits per heavy atom. The SMILES string of the molecule is [2H]C(C)(C)[C@@](C)(O[C@H]1OC(C)(C)C(C)(C)N(Cc2nn(P(=O)(OC)OC)c(=O)[nH]2)[C@H]1c1ccc(F)cc1C)c1cc(C(F)(F)F)cc(C(F)(F)F)c1C. The largest absolute Gasteiger partial charge is 0.459 e. The molecule has 1 fully saturated rings. The van der Waals surface area contributed by atoms with E-state index < -0.39 is 88.8 Å². The minimum absolute atomic E-state index is 0.0251. The van der Waals surface area contributed by atoms with Gasteiger partial charge in [-0.1, -0.05) is 19.9 Å². The van der Waals surface area contributed by atoms with Crippen molar-refractivity contribution in [1.29, 1.82) is 0 Å². The molecule has 10 nitrogen and oxygen atoms in total. The van der Waals surface area contributed by atoms with Gasteiger partial charge in [-0.05, 0) is 101 Å². The Kier molecular flexibility index (Phi) is 10.8. The van der Waals surface area contributed by atoms with Crippen LogP contribution in [0.15, 0.2) is 35.1 Å². The third-order valence-electron chi connectivity index (χ3n) is 10.3. The number of nitrogens with zero attached hydrogens (tertiary/aromatic N) is 3. The standard InChI is InChI=1S/C34H44F7N4O6P/c1-18(2)32(9,24-15-21(33(36,37)38)16-25(20(24)4)34(39,40)41)51-28-27(23-13-12-22(35)14-19(23)3)44(30(5,6)31(7,8)50-28)17-26-42-29(46)45(43-26)52(47,48-10)49-11/h12-16,18,27-28H,17H2,1-11H3,(H,42,43,46)/t27-,28+,32+/m0/s1/i18D. The van der Waals surface area contributed by atoms with E-state index >= 15 is 0 Å². The maximum Gasteiger partial charge on any atom is 0.459 e. The van der Waals surface area contributed by atoms with Gasteiger partial charge in [0.15, 0.2) is 6.29 Å². The van der Waals surface area contributed by atoms with Crippen LogP contribution >= 0.6 is 7.75 Å². The van der Waals surface area contributed by atoms with Crippen molar-refractivity contribution in [2.45, 2.75) is 110 Å². The van der Waals surface area contributed by atoms with Crippen LogP contribution in [0.5, 0.6) is 0 Å². The van der Waals surface area contributed by atoms with Crippen LogP contribution in [0.4, 0.5) is 30.7 Å². The van der Waals surface area contributed by atoms with Crippen molar-refractivity contribution >= 4 is 7.75 Å². The first kappa shape index (κ1) is 40.1. The third kappa shape index (κ3) is 7.49. The van der Waals surface area contributed by atoms with Crippen LogP contribution in [0.25, 0.3) is 0 Å². The first-order valence-electron chi connectivity index (χ1n) is 16.5. The van der Waals surface area contributed by atoms with E-state index in [0.29, 0.717) is 21.6 Å². The molecule has 1 aromatic heterocycles. The van der Waals surface area contributed by atoms with Crippen molar-refractivity contribution in [3.05, 3.63) is 85.8 Å². The Morgan fingerprint density at radius 2 is 1.60 bits per heavy atom. The van der Waals surface area contributed by atoms with E-state index in [1.807, 2.05) is 0 Å². The predicted octanol–water partition coefficient (Wildman–Crippen LogP) is 8.66. The van der Waals surface area contributed by atoms with Crippen LogP contribution in [-0.4, -0.2) is 51.1 Å². The fourth-order valence-corrected chi connectivity index (χ4v) is 7.29. The molecule has 290 valence electrons. The second kappa shape index (κ2) is 14.0. The number of halogens is 7. The topological polar surface area (TPSA) is 108 Å². The van der Waals surface area contributed by atoms with Crippen LogP contribution in [0.3, 0.4) is 0 Å². The second-order valence-corrected chi connectivity index (χ2v) is 16.1. The molecule has 1 aliphatic heterocycles. The number of benzene rings is 2. The summed E-state index contributed by atoms with van der Waals surface area (Å²) in [6.45, 7) is 13.1. The fraction of sp³-hybridized carbons (Fsp3) is 0.588. The van der Waals surface area contributed by atoms with Crippen molar-refractivity contribution in [2.24, 2.45) is 5.89 Å². The van der Waals surface area contributed by atoms with Crippen molar-refractivity contribution < 1.29 is 55.2 Å². The summed E-state index contributed by atoms with van der Waals surface area (Å²) in [7, 11) is -2.09. The average Bonchev–Trinajstić information content (AvgIpc) is 3.38. The molecule has 0 unspecified atom stereocenters. The van der Waals surface area contributed by atoms with Gasteiger partial charge in [0.1, 0.15) is 11.6 Å². The van der Waals surface area contributed by atoms with Gasteiger partial charge in [-0.15, -0.1) is 9.55 Å². The molecule has 4 rings (SSSR count). The molecular weight excluding hydrogens is 724 g/mol. The lowest BCUT2D eigenvalue weighted by Crippen LogP contribution is -2.68. The molecule has 3 aromatic rings. The maximum absolute atomic E-state index is 14.5. The highest BCUT2D eigenvalue weighted by atomic mass is 31.2. The molecule has 0 radical (unpaired) electrons. The summed E-state index contributed by atoms with van der Waals surface area (Å²) in [5.74, 6) is -2.57. The lowest BCUT2D eigenvalue weighted by Gasteiger charge is -2.59. The minimum atomic E-state index is -5.19. The van der Waals surface area contributed by atoms with Crippen LogP contribution in [0, 0.1) is 25.6 Å². The lowest BCUT2D eigenvalue weighted by molar-refractivity contribution is -0.341. The zero-order valence-electron chi connectivity index (χ0n) is 31.6. The fourth-order valence-electron chi connectivity index (χ4n) is 6.35. The van der Waals surface area contributed by atoms with Crippen molar-refractivity contribution in [2.75, 3.05) is 14.2 Å². The van der Waals surface area contributed by atoms with E-state index in [4.69, 9.17) is 19.9 Å². The number of ether oxygens (including phenoxy) is 2. The molecular formula is C34H44F7N4O6P. The number of rotatable bonds is 10. The minimum Gasteiger partial charge on any atom is -0.343 e. The lowest BCUT2D eigenvalue weighted by atomic mass is 9.78. The molecule has 0 amide bonds. The maximum atomic E-state index is 14.5. The summed E-state index contributed by atoms with van der Waals surface area (Å²) in [5.41, 5.74) is -9.01. The van der Waals surface area contributed by atoms with Gasteiger partial charge < -0.3 is 9.47 Å². The zero-order chi connectivity index (χ0) is 40.5. The van der Waals surface area contributed by atoms with E-state index in [-0.39, 0.29) is 18.4 Å². The molecule has 2 heterocycles. The molecule has 0 bridgehead atoms. The molecule has 1 aliphatic rings. The third-order valence-corrected chi connectivity index (χ3v) is 11.9. The molecule has 0 saturated carbocycles. The zero-order valence-corrected chi connectivity index (χ0v) is 31.5. The van der Waals surface area contributed by atoms with E-state index in [1.165, 1.54) is 32.9 Å². The number of H-pyrrole nitrogens is 1. The van der Waals surface area contributed by atoms with E-state index in [9.17, 15) is 40.1 Å². The van der Waals surface area contributed by atoms with Crippen molar-refractivity contribution in [1.82, 2.24) is 19.4 Å². The van der Waals surface area contributed by atoms with Gasteiger partial charge >= 0.3 is 25.8 Å². The van der Waals surface area contributed by atoms with Crippen molar-refractivity contribution in [3.63, 3.8) is 0 Å². The Hall–Kier alpha value is -3.08. The molecule has 1 N–H and O–H groups in total. The normalized spacial score (nSPS) is 21.5. The van der Waals surface area contributed by atoms with Crippen molar-refractivity contribution in [3.8, 4) is 0 Å². The molecule has 52 heavy (non-hydrogen) atoms. The van der Waals surface area contributed by atoms with Crippen LogP contribution < -0.4 is 5.69 Å². The monoisotopic (exact) mass is 769 g/mol. The van der Waals surface area contributed by atoms with Gasteiger partial charge in [-0.2, -0.15) is 26.3 Å². The van der Waals surface area contributed by atoms with Crippen LogP contribution in [0.1, 0.15) is 95.1 Å². The summed E-state index contributed by atoms with van der Waals surface area (Å²) in [5, 5.41) is 4.17. The number of aromatic amines is 1. The summed E-state index contributed by atoms with van der Waals surface area (Å²) in [6, 6.07) is 3.25. The number of aromatic nitrogens is 3. The molecule has 1 saturated heterocycles. The number of hydrogen-bond acceptors (Lipinski definition) is 8. The molecule has 18 heteroatoms. The number of hydrogen-bond donors (Lipinski definition) is 1. The molecule has 2 aromatic carbocycles. The van der Waals surface area contributed by atoms with Crippen LogP contribution in [0.2, 0.25) is 0 Å². The smallest absolute Gasteiger partial charge is 0.343 e. The van der Waals surface area contributed by atoms with Gasteiger partial charge in [0.2, 0.25) is 0 Å². The number of morpholine rings is 1. The van der Waals surface area contributed by atoms with Gasteiger partial charge in [-0.25, -0.2) is 13.8 Å². The Morgan fingerprint density at radius 3 is 2.10 bits per heavy atom. The Labute approximate surface area is 298 Å². The van der Waals surface area contributed by atoms with Gasteiger partial charge in [0.25, 0.3) is 0 Å². The number of aryl methyl sites for hydroxylation is 1. The molecule has 3 atom stereocenters. The summed E-state index contributed by atoms with van der Waals surface area (Å²) < 4.78 is 146. The summed E-state index contributed by atoms with van der Waals surface area (Å²) >= 11 is 0. The van der Waals surface area contributed by atoms with Crippen LogP contribution in [-0.2, 0) is 47.6 Å². The summed E-state index contributed by atoms with van der Waals surface area (Å²) in [4.78, 5) is 17.2. The molecule has 0 spiro atoms. The highest BCUT2D eigenvalue weighted by molar-refractivity contribution is 7.51. The van der Waals surface area contributed by atoms with E-state index in [0.717, 1.165) is 27.2 Å². The van der Waals surface area contributed by atoms with E-state index in [1.54, 1.807) is 39.5 Å². The van der Waals surface area contributed by atoms with Gasteiger partial charge in [-0.3, -0.25) is 18.9 Å². The van der Waals surface area contributed by atoms with Gasteiger partial charge in [0, 0.05) is 21.1 Å². The Bertz CT molecular complexity index is 1950. The Balaban J connectivity index is 2.03.